The number of aromatic nitrogens is 1. The molecule has 0 saturated heterocycles. The van der Waals surface area contributed by atoms with Crippen LogP contribution in [0, 0.1) is 6.92 Å². The van der Waals surface area contributed by atoms with Crippen LogP contribution in [0.4, 0.5) is 0 Å². The van der Waals surface area contributed by atoms with Gasteiger partial charge in [0.15, 0.2) is 0 Å². The number of amides is 2. The highest BCUT2D eigenvalue weighted by atomic mass is 16.5. The third-order valence-electron chi connectivity index (χ3n) is 4.29. The Kier molecular flexibility index (Phi) is 3.92. The van der Waals surface area contributed by atoms with Gasteiger partial charge in [-0.1, -0.05) is 12.1 Å². The number of carbonyl (C=O) groups is 2. The molecule has 1 aromatic carbocycles. The van der Waals surface area contributed by atoms with Gasteiger partial charge in [-0.3, -0.25) is 14.8 Å². The van der Waals surface area contributed by atoms with Crippen molar-refractivity contribution in [3.63, 3.8) is 0 Å². The van der Waals surface area contributed by atoms with Crippen molar-refractivity contribution >= 4 is 11.8 Å². The van der Waals surface area contributed by atoms with E-state index >= 15 is 0 Å². The Morgan fingerprint density at radius 2 is 2.00 bits per heavy atom. The zero-order valence-electron chi connectivity index (χ0n) is 13.2. The van der Waals surface area contributed by atoms with Crippen LogP contribution in [0.25, 0.3) is 0 Å². The Morgan fingerprint density at radius 1 is 1.30 bits per heavy atom. The van der Waals surface area contributed by atoms with E-state index in [1.165, 1.54) is 0 Å². The number of hydrogen-bond donors (Lipinski definition) is 2. The van der Waals surface area contributed by atoms with Crippen LogP contribution in [0.3, 0.4) is 0 Å². The van der Waals surface area contributed by atoms with Crippen LogP contribution < -0.4 is 5.48 Å². The summed E-state index contributed by atoms with van der Waals surface area (Å²) in [5.74, 6) is -0.447. The van der Waals surface area contributed by atoms with Gasteiger partial charge in [0, 0.05) is 44.0 Å². The van der Waals surface area contributed by atoms with Gasteiger partial charge in [0.05, 0.1) is 5.56 Å². The first-order valence-electron chi connectivity index (χ1n) is 7.48. The molecule has 0 unspecified atom stereocenters. The van der Waals surface area contributed by atoms with E-state index in [4.69, 9.17) is 5.21 Å². The minimum Gasteiger partial charge on any atom is -0.346 e. The van der Waals surface area contributed by atoms with Gasteiger partial charge in [-0.2, -0.15) is 0 Å². The lowest BCUT2D eigenvalue weighted by molar-refractivity contribution is 0.0706. The zero-order chi connectivity index (χ0) is 16.6. The molecule has 0 radical (unpaired) electrons. The second-order valence-corrected chi connectivity index (χ2v) is 5.88. The molecular formula is C17H19N3O3. The summed E-state index contributed by atoms with van der Waals surface area (Å²) >= 11 is 0. The number of benzene rings is 1. The summed E-state index contributed by atoms with van der Waals surface area (Å²) in [5, 5.41) is 8.63. The lowest BCUT2D eigenvalue weighted by Gasteiger charge is -2.24. The van der Waals surface area contributed by atoms with Crippen LogP contribution >= 0.6 is 0 Å². The third-order valence-corrected chi connectivity index (χ3v) is 4.29. The van der Waals surface area contributed by atoms with E-state index in [-0.39, 0.29) is 5.91 Å². The van der Waals surface area contributed by atoms with Gasteiger partial charge in [-0.05, 0) is 30.2 Å². The fourth-order valence-corrected chi connectivity index (χ4v) is 3.04. The van der Waals surface area contributed by atoms with Crippen LogP contribution in [0.15, 0.2) is 30.5 Å². The highest BCUT2D eigenvalue weighted by Crippen LogP contribution is 2.24. The van der Waals surface area contributed by atoms with E-state index in [1.54, 1.807) is 22.5 Å². The van der Waals surface area contributed by atoms with Crippen molar-refractivity contribution < 1.29 is 14.8 Å². The fraction of sp³-hybridized carbons (Fsp3) is 0.294. The summed E-state index contributed by atoms with van der Waals surface area (Å²) in [6.45, 7) is 3.33. The molecule has 120 valence electrons. The van der Waals surface area contributed by atoms with Crippen molar-refractivity contribution in [3.05, 3.63) is 58.4 Å². The van der Waals surface area contributed by atoms with Crippen LogP contribution in [-0.4, -0.2) is 40.1 Å². The number of nitrogens with zero attached hydrogens (tertiary/aromatic N) is 2. The number of nitrogens with one attached hydrogen (secondary N) is 1. The maximum Gasteiger partial charge on any atom is 0.274 e. The predicted molar refractivity (Wildman–Crippen MR) is 84.6 cm³/mol. The number of carbonyl (C=O) groups excluding carboxylic acids is 2. The molecule has 1 aliphatic rings. The van der Waals surface area contributed by atoms with Gasteiger partial charge in [0.25, 0.3) is 11.8 Å². The monoisotopic (exact) mass is 313 g/mol. The van der Waals surface area contributed by atoms with Crippen LogP contribution in [0.1, 0.15) is 37.5 Å². The topological polar surface area (TPSA) is 74.6 Å². The first-order valence-corrected chi connectivity index (χ1v) is 7.48. The Bertz CT molecular complexity index is 762. The zero-order valence-corrected chi connectivity index (χ0v) is 13.2. The number of fused-ring (bicyclic) bond motifs is 1. The Hall–Kier alpha value is -2.60. The van der Waals surface area contributed by atoms with Gasteiger partial charge < -0.3 is 9.47 Å². The summed E-state index contributed by atoms with van der Waals surface area (Å²) in [5.41, 5.74) is 5.93. The molecule has 2 N–H and O–H groups in total. The van der Waals surface area contributed by atoms with Crippen LogP contribution in [0.5, 0.6) is 0 Å². The molecular weight excluding hydrogens is 294 g/mol. The predicted octanol–water partition coefficient (Wildman–Crippen LogP) is 1.59. The third kappa shape index (κ3) is 2.73. The molecule has 6 nitrogen and oxygen atoms in total. The van der Waals surface area contributed by atoms with Crippen molar-refractivity contribution in [1.82, 2.24) is 14.9 Å². The van der Waals surface area contributed by atoms with E-state index in [2.05, 4.69) is 4.57 Å². The molecule has 0 aliphatic carbocycles. The van der Waals surface area contributed by atoms with E-state index in [0.717, 1.165) is 35.3 Å². The molecule has 23 heavy (non-hydrogen) atoms. The average Bonchev–Trinajstić information content (AvgIpc) is 2.87. The summed E-state index contributed by atoms with van der Waals surface area (Å²) in [7, 11) is 1.83. The largest absolute Gasteiger partial charge is 0.346 e. The Balaban J connectivity index is 1.87. The van der Waals surface area contributed by atoms with Gasteiger partial charge in [0.1, 0.15) is 0 Å². The molecule has 1 aromatic heterocycles. The van der Waals surface area contributed by atoms with E-state index in [0.29, 0.717) is 12.1 Å². The van der Waals surface area contributed by atoms with Gasteiger partial charge in [-0.25, -0.2) is 5.48 Å². The lowest BCUT2D eigenvalue weighted by Crippen LogP contribution is -2.34. The molecule has 0 fully saturated rings. The minimum atomic E-state index is -0.528. The van der Waals surface area contributed by atoms with E-state index < -0.39 is 5.91 Å². The maximum atomic E-state index is 12.3. The smallest absolute Gasteiger partial charge is 0.274 e. The van der Waals surface area contributed by atoms with Gasteiger partial charge in [0.2, 0.25) is 0 Å². The van der Waals surface area contributed by atoms with Gasteiger partial charge in [-0.15, -0.1) is 0 Å². The first-order chi connectivity index (χ1) is 11.0. The number of aryl methyl sites for hydroxylation is 1. The number of rotatable bonds is 3. The molecule has 3 rings (SSSR count). The molecule has 6 heteroatoms. The average molecular weight is 313 g/mol. The van der Waals surface area contributed by atoms with Crippen molar-refractivity contribution in [2.75, 3.05) is 13.6 Å². The Labute approximate surface area is 134 Å². The number of hydrogen-bond acceptors (Lipinski definition) is 3. The van der Waals surface area contributed by atoms with Crippen LogP contribution in [-0.2, 0) is 13.0 Å². The molecule has 0 atom stereocenters. The second-order valence-electron chi connectivity index (χ2n) is 5.88. The molecule has 0 spiro atoms. The second kappa shape index (κ2) is 5.89. The van der Waals surface area contributed by atoms with Crippen molar-refractivity contribution in [3.8, 4) is 0 Å². The summed E-state index contributed by atoms with van der Waals surface area (Å²) in [6.07, 6.45) is 2.85. The lowest BCUT2D eigenvalue weighted by atomic mass is 10.0. The molecule has 0 saturated carbocycles. The molecule has 2 heterocycles. The van der Waals surface area contributed by atoms with Crippen molar-refractivity contribution in [2.24, 2.45) is 0 Å². The number of hydroxylamine groups is 1. The summed E-state index contributed by atoms with van der Waals surface area (Å²) < 4.78 is 2.11. The fourth-order valence-electron chi connectivity index (χ4n) is 3.04. The normalized spacial score (nSPS) is 13.9. The first kappa shape index (κ1) is 15.3. The molecule has 2 aromatic rings. The quantitative estimate of drug-likeness (QED) is 0.667. The molecule has 1 aliphatic heterocycles. The van der Waals surface area contributed by atoms with Crippen LogP contribution in [0.2, 0.25) is 0 Å². The Morgan fingerprint density at radius 3 is 2.65 bits per heavy atom. The van der Waals surface area contributed by atoms with Crippen molar-refractivity contribution in [1.29, 1.82) is 0 Å². The van der Waals surface area contributed by atoms with Crippen molar-refractivity contribution in [2.45, 2.75) is 19.9 Å². The molecule has 0 bridgehead atoms. The molecule has 2 amide bonds. The van der Waals surface area contributed by atoms with Gasteiger partial charge >= 0.3 is 0 Å². The highest BCUT2D eigenvalue weighted by molar-refractivity contribution is 5.97. The number of likely N-dealkylation sites (N-methyl/N-ethyl adjacent to an activating group) is 1. The highest BCUT2D eigenvalue weighted by Gasteiger charge is 2.26. The van der Waals surface area contributed by atoms with E-state index in [1.807, 2.05) is 32.3 Å². The summed E-state index contributed by atoms with van der Waals surface area (Å²) in [4.78, 5) is 25.4. The SMILES string of the molecule is Cc1cn(Cc2ccc(C(=O)NO)cc2)c2c1C(=O)N(C)CC2. The minimum absolute atomic E-state index is 0.0810. The standard InChI is InChI=1S/C17H19N3O3/c1-11-9-20(14-7-8-19(2)17(22)15(11)14)10-12-3-5-13(6-4-12)16(21)18-23/h3-6,9,23H,7-8,10H2,1-2H3,(H,18,21). The summed E-state index contributed by atoms with van der Waals surface area (Å²) in [6, 6.07) is 7.04. The maximum absolute atomic E-state index is 12.3. The van der Waals surface area contributed by atoms with E-state index in [9.17, 15) is 9.59 Å².